The maximum Gasteiger partial charge on any atom is 0.254 e. The molecule has 0 aliphatic carbocycles. The van der Waals surface area contributed by atoms with Crippen molar-refractivity contribution in [3.8, 4) is 5.75 Å². The molecule has 0 saturated carbocycles. The topological polar surface area (TPSA) is 54.7 Å². The Balaban J connectivity index is 1.13. The van der Waals surface area contributed by atoms with E-state index in [4.69, 9.17) is 4.74 Å². The van der Waals surface area contributed by atoms with E-state index in [2.05, 4.69) is 47.4 Å². The van der Waals surface area contributed by atoms with Crippen LogP contribution >= 0.6 is 0 Å². The zero-order valence-corrected chi connectivity index (χ0v) is 20.4. The molecule has 1 atom stereocenters. The smallest absolute Gasteiger partial charge is 0.254 e. The number of carbonyl (C=O) groups excluding carboxylic acids is 1. The maximum atomic E-state index is 12.2. The van der Waals surface area contributed by atoms with Crippen molar-refractivity contribution in [1.82, 2.24) is 9.47 Å². The molecule has 0 spiro atoms. The highest BCUT2D eigenvalue weighted by Gasteiger charge is 2.23. The van der Waals surface area contributed by atoms with Crippen LogP contribution in [0.3, 0.4) is 0 Å². The number of carbonyl (C=O) groups is 1. The van der Waals surface area contributed by atoms with Gasteiger partial charge in [0.25, 0.3) is 5.91 Å². The van der Waals surface area contributed by atoms with Gasteiger partial charge in [0.15, 0.2) is 0 Å². The lowest BCUT2D eigenvalue weighted by molar-refractivity contribution is 0.0594. The Morgan fingerprint density at radius 3 is 2.50 bits per heavy atom. The Kier molecular flexibility index (Phi) is 7.60. The van der Waals surface area contributed by atoms with Gasteiger partial charge in [0.05, 0.1) is 0 Å². The first kappa shape index (κ1) is 24.0. The number of rotatable bonds is 8. The Morgan fingerprint density at radius 2 is 1.67 bits per heavy atom. The van der Waals surface area contributed by atoms with Gasteiger partial charge in [-0.1, -0.05) is 60.7 Å². The summed E-state index contributed by atoms with van der Waals surface area (Å²) in [5, 5.41) is 13.3. The largest absolute Gasteiger partial charge is 0.490 e. The number of nitrogens with zero attached hydrogens (tertiary/aromatic N) is 2. The van der Waals surface area contributed by atoms with Gasteiger partial charge < -0.3 is 14.7 Å². The van der Waals surface area contributed by atoms with Gasteiger partial charge in [0, 0.05) is 30.6 Å². The van der Waals surface area contributed by atoms with E-state index in [1.165, 1.54) is 27.0 Å². The first-order valence-corrected chi connectivity index (χ1v) is 12.6. The van der Waals surface area contributed by atoms with Gasteiger partial charge >= 0.3 is 0 Å². The zero-order chi connectivity index (χ0) is 24.7. The lowest BCUT2D eigenvalue weighted by Gasteiger charge is -2.33. The molecule has 36 heavy (non-hydrogen) atoms. The van der Waals surface area contributed by atoms with Crippen LogP contribution in [0.2, 0.25) is 0 Å². The second-order valence-electron chi connectivity index (χ2n) is 9.41. The summed E-state index contributed by atoms with van der Waals surface area (Å²) in [6, 6.07) is 26.4. The molecular formula is C31H32N2O3. The third-order valence-electron chi connectivity index (χ3n) is 6.93. The number of hydrogen-bond donors (Lipinski definition) is 1. The maximum absolute atomic E-state index is 12.2. The number of aliphatic hydroxyl groups excluding tert-OH is 1. The molecular weight excluding hydrogens is 448 g/mol. The summed E-state index contributed by atoms with van der Waals surface area (Å²) in [6.07, 6.45) is 8.31. The Hall–Kier alpha value is -3.67. The average molecular weight is 481 g/mol. The lowest BCUT2D eigenvalue weighted by Crippen LogP contribution is -2.40. The highest BCUT2D eigenvalue weighted by molar-refractivity contribution is 5.94. The summed E-state index contributed by atoms with van der Waals surface area (Å²) in [6.45, 7) is 2.73. The van der Waals surface area contributed by atoms with E-state index in [0.29, 0.717) is 18.2 Å². The molecule has 0 bridgehead atoms. The molecule has 5 heteroatoms. The third-order valence-corrected chi connectivity index (χ3v) is 6.93. The van der Waals surface area contributed by atoms with Gasteiger partial charge in [0.2, 0.25) is 0 Å². The highest BCUT2D eigenvalue weighted by Crippen LogP contribution is 2.33. The molecule has 1 N–H and O–H groups in total. The number of β-amino-alcohol motifs (C(OH)–C–C–N with tert-alkyl or cyclic N) is 1. The van der Waals surface area contributed by atoms with Crippen molar-refractivity contribution in [3.05, 3.63) is 108 Å². The Labute approximate surface area is 212 Å². The molecule has 1 saturated heterocycles. The number of allylic oxidation sites excluding steroid dienone is 1. The minimum absolute atomic E-state index is 0.123. The minimum Gasteiger partial charge on any atom is -0.490 e. The predicted octanol–water partition coefficient (Wildman–Crippen LogP) is 5.61. The van der Waals surface area contributed by atoms with Gasteiger partial charge in [-0.05, 0) is 72.5 Å². The van der Waals surface area contributed by atoms with Crippen molar-refractivity contribution < 1.29 is 14.6 Å². The molecule has 184 valence electrons. The number of benzene rings is 3. The molecule has 5 nitrogen and oxygen atoms in total. The normalized spacial score (nSPS) is 15.9. The molecule has 3 aromatic carbocycles. The van der Waals surface area contributed by atoms with Gasteiger partial charge in [-0.25, -0.2) is 0 Å². The van der Waals surface area contributed by atoms with E-state index in [-0.39, 0.29) is 12.5 Å². The fourth-order valence-electron chi connectivity index (χ4n) is 5.05. The van der Waals surface area contributed by atoms with Crippen molar-refractivity contribution in [2.75, 3.05) is 26.2 Å². The molecule has 0 radical (unpaired) electrons. The quantitative estimate of drug-likeness (QED) is 0.333. The fraction of sp³-hybridized carbons (Fsp3) is 0.258. The molecule has 1 aliphatic heterocycles. The third kappa shape index (κ3) is 5.76. The molecule has 5 rings (SSSR count). The average Bonchev–Trinajstić information content (AvgIpc) is 3.47. The molecule has 4 aromatic rings. The van der Waals surface area contributed by atoms with E-state index in [1.807, 2.05) is 36.4 Å². The van der Waals surface area contributed by atoms with Crippen LogP contribution in [-0.2, 0) is 0 Å². The number of likely N-dealkylation sites (tertiary alicyclic amines) is 1. The number of fused-ring (bicyclic) bond motifs is 1. The van der Waals surface area contributed by atoms with Gasteiger partial charge in [-0.15, -0.1) is 0 Å². The Bertz CT molecular complexity index is 1320. The van der Waals surface area contributed by atoms with Crippen molar-refractivity contribution >= 4 is 22.8 Å². The summed E-state index contributed by atoms with van der Waals surface area (Å²) >= 11 is 0. The minimum atomic E-state index is -0.586. The van der Waals surface area contributed by atoms with E-state index < -0.39 is 6.10 Å². The number of piperidine rings is 1. The monoisotopic (exact) mass is 480 g/mol. The molecule has 1 aromatic heterocycles. The van der Waals surface area contributed by atoms with Crippen LogP contribution in [0, 0.1) is 0 Å². The van der Waals surface area contributed by atoms with Crippen molar-refractivity contribution in [2.45, 2.75) is 24.9 Å². The first-order chi connectivity index (χ1) is 17.7. The van der Waals surface area contributed by atoms with Crippen molar-refractivity contribution in [3.63, 3.8) is 0 Å². The second kappa shape index (κ2) is 11.4. The number of para-hydroxylation sites is 1. The van der Waals surface area contributed by atoms with Crippen molar-refractivity contribution in [2.24, 2.45) is 0 Å². The van der Waals surface area contributed by atoms with Crippen LogP contribution in [-0.4, -0.2) is 52.8 Å². The molecule has 2 heterocycles. The van der Waals surface area contributed by atoms with E-state index >= 15 is 0 Å². The van der Waals surface area contributed by atoms with Crippen LogP contribution in [0.5, 0.6) is 5.75 Å². The summed E-state index contributed by atoms with van der Waals surface area (Å²) in [5.41, 5.74) is 2.25. The standard InChI is InChI=1S/C31H32N2O3/c34-27(23-36-30-13-4-2-9-26(30)14-15-31(35)33-18-5-6-19-33)22-32-20-16-25(17-21-32)29-12-7-10-24-8-1-3-11-28(24)29/h1-15,18-19,25,27,34H,16-17,20-23H2. The highest BCUT2D eigenvalue weighted by atomic mass is 16.5. The van der Waals surface area contributed by atoms with E-state index in [0.717, 1.165) is 31.5 Å². The van der Waals surface area contributed by atoms with Gasteiger partial charge in [-0.2, -0.15) is 0 Å². The Morgan fingerprint density at radius 1 is 0.944 bits per heavy atom. The summed E-state index contributed by atoms with van der Waals surface area (Å²) in [7, 11) is 0. The summed E-state index contributed by atoms with van der Waals surface area (Å²) in [5.74, 6) is 1.08. The van der Waals surface area contributed by atoms with E-state index in [9.17, 15) is 9.90 Å². The first-order valence-electron chi connectivity index (χ1n) is 12.6. The van der Waals surface area contributed by atoms with E-state index in [1.54, 1.807) is 18.5 Å². The van der Waals surface area contributed by atoms with Crippen LogP contribution < -0.4 is 4.74 Å². The van der Waals surface area contributed by atoms with Crippen LogP contribution in [0.1, 0.15) is 34.7 Å². The predicted molar refractivity (Wildman–Crippen MR) is 144 cm³/mol. The summed E-state index contributed by atoms with van der Waals surface area (Å²) < 4.78 is 7.48. The lowest BCUT2D eigenvalue weighted by atomic mass is 9.86. The number of ether oxygens (including phenoxy) is 1. The second-order valence-corrected chi connectivity index (χ2v) is 9.41. The van der Waals surface area contributed by atoms with Gasteiger partial charge in [-0.3, -0.25) is 9.36 Å². The molecule has 1 fully saturated rings. The van der Waals surface area contributed by atoms with Crippen LogP contribution in [0.4, 0.5) is 0 Å². The molecule has 0 amide bonds. The zero-order valence-electron chi connectivity index (χ0n) is 20.4. The van der Waals surface area contributed by atoms with Gasteiger partial charge in [0.1, 0.15) is 18.5 Å². The molecule has 1 unspecified atom stereocenters. The van der Waals surface area contributed by atoms with Crippen molar-refractivity contribution in [1.29, 1.82) is 0 Å². The van der Waals surface area contributed by atoms with Crippen LogP contribution in [0.25, 0.3) is 16.8 Å². The number of aromatic nitrogens is 1. The summed E-state index contributed by atoms with van der Waals surface area (Å²) in [4.78, 5) is 14.6. The number of aliphatic hydroxyl groups is 1. The van der Waals surface area contributed by atoms with Crippen LogP contribution in [0.15, 0.2) is 97.3 Å². The molecule has 1 aliphatic rings. The fourth-order valence-corrected chi connectivity index (χ4v) is 5.05. The SMILES string of the molecule is O=C(C=Cc1ccccc1OCC(O)CN1CCC(c2cccc3ccccc23)CC1)n1cccc1. The number of hydrogen-bond acceptors (Lipinski definition) is 4.